The van der Waals surface area contributed by atoms with E-state index in [-0.39, 0.29) is 18.7 Å². The lowest BCUT2D eigenvalue weighted by molar-refractivity contribution is -0.133. The minimum Gasteiger partial charge on any atom is -0.454 e. The molecular formula is C22H20N4O3. The van der Waals surface area contributed by atoms with Gasteiger partial charge in [0, 0.05) is 30.8 Å². The number of ether oxygens (including phenoxy) is 2. The molecule has 7 heteroatoms. The zero-order chi connectivity index (χ0) is 19.8. The van der Waals surface area contributed by atoms with Crippen LogP contribution in [-0.4, -0.2) is 33.4 Å². The van der Waals surface area contributed by atoms with Crippen molar-refractivity contribution in [3.8, 4) is 11.5 Å². The van der Waals surface area contributed by atoms with E-state index < -0.39 is 0 Å². The van der Waals surface area contributed by atoms with Crippen molar-refractivity contribution in [2.24, 2.45) is 5.10 Å². The number of hydrogen-bond donors (Lipinski definition) is 0. The van der Waals surface area contributed by atoms with E-state index in [1.54, 1.807) is 17.4 Å². The summed E-state index contributed by atoms with van der Waals surface area (Å²) in [7, 11) is 0. The Bertz CT molecular complexity index is 1130. The Hall–Kier alpha value is -3.48. The van der Waals surface area contributed by atoms with E-state index >= 15 is 0 Å². The number of hydrazone groups is 1. The second kappa shape index (κ2) is 7.16. The summed E-state index contributed by atoms with van der Waals surface area (Å²) in [5.41, 5.74) is 4.44. The van der Waals surface area contributed by atoms with Crippen LogP contribution in [-0.2, 0) is 4.79 Å². The second-order valence-electron chi connectivity index (χ2n) is 7.13. The third kappa shape index (κ3) is 3.18. The van der Waals surface area contributed by atoms with Crippen molar-refractivity contribution in [2.45, 2.75) is 32.2 Å². The van der Waals surface area contributed by atoms with E-state index in [0.717, 1.165) is 40.0 Å². The van der Waals surface area contributed by atoms with Gasteiger partial charge in [-0.25, -0.2) is 5.01 Å². The molecular weight excluding hydrogens is 368 g/mol. The molecule has 0 radical (unpaired) electrons. The fraction of sp³-hybridized carbons (Fsp3) is 0.273. The third-order valence-electron chi connectivity index (χ3n) is 5.21. The van der Waals surface area contributed by atoms with Gasteiger partial charge in [0.2, 0.25) is 12.7 Å². The second-order valence-corrected chi connectivity index (χ2v) is 7.13. The lowest BCUT2D eigenvalue weighted by Crippen LogP contribution is -2.26. The van der Waals surface area contributed by atoms with Gasteiger partial charge in [-0.3, -0.25) is 14.8 Å². The van der Waals surface area contributed by atoms with Crippen LogP contribution in [0.2, 0.25) is 0 Å². The number of amides is 1. The van der Waals surface area contributed by atoms with Gasteiger partial charge in [-0.2, -0.15) is 5.10 Å². The van der Waals surface area contributed by atoms with E-state index in [2.05, 4.69) is 9.97 Å². The van der Waals surface area contributed by atoms with Crippen LogP contribution in [0.5, 0.6) is 11.5 Å². The zero-order valence-corrected chi connectivity index (χ0v) is 16.0. The van der Waals surface area contributed by atoms with Crippen LogP contribution in [0, 0.1) is 0 Å². The van der Waals surface area contributed by atoms with Gasteiger partial charge in [-0.05, 0) is 42.3 Å². The highest BCUT2D eigenvalue weighted by atomic mass is 16.7. The van der Waals surface area contributed by atoms with Crippen molar-refractivity contribution in [1.29, 1.82) is 0 Å². The maximum absolute atomic E-state index is 12.8. The Kier molecular flexibility index (Phi) is 4.35. The molecule has 1 atom stereocenters. The quantitative estimate of drug-likeness (QED) is 0.679. The van der Waals surface area contributed by atoms with Crippen molar-refractivity contribution in [2.75, 3.05) is 6.79 Å². The SMILES string of the molecule is CCCC(=O)N1N=C(c2ccc3c(c2)OCO3)CC1c1ccc2nccnc2c1. The molecule has 0 N–H and O–H groups in total. The molecule has 1 unspecified atom stereocenters. The molecule has 0 saturated heterocycles. The Balaban J connectivity index is 1.51. The molecule has 1 aromatic heterocycles. The largest absolute Gasteiger partial charge is 0.454 e. The molecule has 29 heavy (non-hydrogen) atoms. The van der Waals surface area contributed by atoms with Gasteiger partial charge in [-0.1, -0.05) is 13.0 Å². The highest BCUT2D eigenvalue weighted by molar-refractivity contribution is 6.03. The van der Waals surface area contributed by atoms with Gasteiger partial charge in [0.15, 0.2) is 11.5 Å². The molecule has 7 nitrogen and oxygen atoms in total. The number of rotatable bonds is 4. The summed E-state index contributed by atoms with van der Waals surface area (Å²) in [4.78, 5) is 21.5. The Labute approximate surface area is 168 Å². The molecule has 0 bridgehead atoms. The van der Waals surface area contributed by atoms with Gasteiger partial charge in [-0.15, -0.1) is 0 Å². The molecule has 2 aliphatic heterocycles. The first-order chi connectivity index (χ1) is 14.2. The van der Waals surface area contributed by atoms with Crippen molar-refractivity contribution in [3.05, 3.63) is 59.9 Å². The van der Waals surface area contributed by atoms with Gasteiger partial charge in [0.1, 0.15) is 0 Å². The monoisotopic (exact) mass is 388 g/mol. The summed E-state index contributed by atoms with van der Waals surface area (Å²) in [6.07, 6.45) is 5.22. The van der Waals surface area contributed by atoms with Crippen molar-refractivity contribution in [3.63, 3.8) is 0 Å². The standard InChI is InChI=1S/C22H20N4O3/c1-2-3-22(27)26-19(15-4-6-16-18(10-15)24-9-8-23-16)12-17(25-26)14-5-7-20-21(11-14)29-13-28-20/h4-11,19H,2-3,12-13H2,1H3. The highest BCUT2D eigenvalue weighted by Crippen LogP contribution is 2.37. The average Bonchev–Trinajstić information content (AvgIpc) is 3.40. The van der Waals surface area contributed by atoms with E-state index in [0.29, 0.717) is 18.6 Å². The molecule has 2 aliphatic rings. The molecule has 3 aromatic rings. The molecule has 0 spiro atoms. The smallest absolute Gasteiger partial charge is 0.243 e. The van der Waals surface area contributed by atoms with Crippen molar-refractivity contribution < 1.29 is 14.3 Å². The van der Waals surface area contributed by atoms with Gasteiger partial charge in [0.05, 0.1) is 22.8 Å². The van der Waals surface area contributed by atoms with Crippen LogP contribution in [0.1, 0.15) is 43.4 Å². The Morgan fingerprint density at radius 2 is 1.90 bits per heavy atom. The number of carbonyl (C=O) groups is 1. The molecule has 0 aliphatic carbocycles. The van der Waals surface area contributed by atoms with Crippen LogP contribution in [0.4, 0.5) is 0 Å². The van der Waals surface area contributed by atoms with Crippen LogP contribution in [0.25, 0.3) is 11.0 Å². The lowest BCUT2D eigenvalue weighted by Gasteiger charge is -2.22. The fourth-order valence-electron chi connectivity index (χ4n) is 3.77. The maximum atomic E-state index is 12.8. The molecule has 3 heterocycles. The molecule has 5 rings (SSSR count). The molecule has 1 amide bonds. The molecule has 146 valence electrons. The summed E-state index contributed by atoms with van der Waals surface area (Å²) < 4.78 is 10.9. The van der Waals surface area contributed by atoms with Crippen molar-refractivity contribution in [1.82, 2.24) is 15.0 Å². The normalized spacial score (nSPS) is 17.6. The molecule has 2 aromatic carbocycles. The lowest BCUT2D eigenvalue weighted by atomic mass is 9.97. The minimum atomic E-state index is -0.166. The summed E-state index contributed by atoms with van der Waals surface area (Å²) in [5.74, 6) is 1.46. The van der Waals surface area contributed by atoms with Crippen LogP contribution >= 0.6 is 0 Å². The van der Waals surface area contributed by atoms with E-state index in [1.807, 2.05) is 43.3 Å². The van der Waals surface area contributed by atoms with Gasteiger partial charge in [0.25, 0.3) is 0 Å². The van der Waals surface area contributed by atoms with Gasteiger partial charge < -0.3 is 9.47 Å². The number of nitrogens with zero attached hydrogens (tertiary/aromatic N) is 4. The number of hydrogen-bond acceptors (Lipinski definition) is 6. The first kappa shape index (κ1) is 17.6. The summed E-state index contributed by atoms with van der Waals surface area (Å²) in [5, 5.41) is 6.33. The summed E-state index contributed by atoms with van der Waals surface area (Å²) in [6.45, 7) is 2.23. The fourth-order valence-corrected chi connectivity index (χ4v) is 3.77. The number of aromatic nitrogens is 2. The van der Waals surface area contributed by atoms with Gasteiger partial charge >= 0.3 is 0 Å². The van der Waals surface area contributed by atoms with E-state index in [1.165, 1.54) is 0 Å². The minimum absolute atomic E-state index is 0.0208. The maximum Gasteiger partial charge on any atom is 0.243 e. The molecule has 0 fully saturated rings. The van der Waals surface area contributed by atoms with Crippen LogP contribution < -0.4 is 9.47 Å². The third-order valence-corrected chi connectivity index (χ3v) is 5.21. The first-order valence-corrected chi connectivity index (χ1v) is 9.73. The average molecular weight is 388 g/mol. The van der Waals surface area contributed by atoms with Crippen LogP contribution in [0.3, 0.4) is 0 Å². The van der Waals surface area contributed by atoms with E-state index in [9.17, 15) is 4.79 Å². The summed E-state index contributed by atoms with van der Waals surface area (Å²) >= 11 is 0. The number of carbonyl (C=O) groups excluding carboxylic acids is 1. The Morgan fingerprint density at radius 3 is 2.76 bits per heavy atom. The predicted molar refractivity (Wildman–Crippen MR) is 108 cm³/mol. The first-order valence-electron chi connectivity index (χ1n) is 9.73. The predicted octanol–water partition coefficient (Wildman–Crippen LogP) is 3.84. The highest BCUT2D eigenvalue weighted by Gasteiger charge is 2.33. The topological polar surface area (TPSA) is 76.9 Å². The van der Waals surface area contributed by atoms with Crippen LogP contribution in [0.15, 0.2) is 53.9 Å². The number of fused-ring (bicyclic) bond motifs is 2. The van der Waals surface area contributed by atoms with E-state index in [4.69, 9.17) is 14.6 Å². The molecule has 0 saturated carbocycles. The zero-order valence-electron chi connectivity index (χ0n) is 16.0. The Morgan fingerprint density at radius 1 is 1.07 bits per heavy atom. The van der Waals surface area contributed by atoms with Crippen molar-refractivity contribution >= 4 is 22.7 Å². The number of benzene rings is 2. The summed E-state index contributed by atoms with van der Waals surface area (Å²) in [6, 6.07) is 11.6.